The van der Waals surface area contributed by atoms with Gasteiger partial charge in [0.25, 0.3) is 0 Å². The molecule has 1 saturated heterocycles. The topological polar surface area (TPSA) is 38.7 Å². The van der Waals surface area contributed by atoms with Crippen LogP contribution in [-0.2, 0) is 9.47 Å². The minimum Gasteiger partial charge on any atom is -0.388 e. The van der Waals surface area contributed by atoms with Crippen molar-refractivity contribution in [2.45, 2.75) is 18.5 Å². The first-order valence-electron chi connectivity index (χ1n) is 5.60. The van der Waals surface area contributed by atoms with Gasteiger partial charge in [-0.2, -0.15) is 0 Å². The predicted molar refractivity (Wildman–Crippen MR) is 65.4 cm³/mol. The van der Waals surface area contributed by atoms with E-state index in [1.54, 1.807) is 18.2 Å². The molecule has 1 aromatic carbocycles. The summed E-state index contributed by atoms with van der Waals surface area (Å²) in [6.45, 7) is 3.86. The van der Waals surface area contributed by atoms with Crippen LogP contribution >= 0.6 is 0 Å². The van der Waals surface area contributed by atoms with E-state index in [1.165, 1.54) is 0 Å². The van der Waals surface area contributed by atoms with Gasteiger partial charge in [-0.15, -0.1) is 0 Å². The van der Waals surface area contributed by atoms with Crippen molar-refractivity contribution in [1.29, 1.82) is 0 Å². The summed E-state index contributed by atoms with van der Waals surface area (Å²) in [5, 5.41) is 9.72. The lowest BCUT2D eigenvalue weighted by atomic mass is 10.1. The zero-order valence-electron chi connectivity index (χ0n) is 9.53. The van der Waals surface area contributed by atoms with E-state index in [-0.39, 0.29) is 12.7 Å². The van der Waals surface area contributed by atoms with Gasteiger partial charge in [-0.05, 0) is 0 Å². The van der Waals surface area contributed by atoms with Crippen LogP contribution in [0, 0.1) is 0 Å². The Hall–Kier alpha value is -1.42. The smallest absolute Gasteiger partial charge is 0.184 e. The van der Waals surface area contributed by atoms with E-state index in [2.05, 4.69) is 6.58 Å². The van der Waals surface area contributed by atoms with Crippen LogP contribution in [0.15, 0.2) is 55.1 Å². The molecule has 2 rings (SSSR count). The van der Waals surface area contributed by atoms with Gasteiger partial charge in [0.05, 0.1) is 6.61 Å². The van der Waals surface area contributed by atoms with E-state index in [0.717, 1.165) is 5.56 Å². The highest BCUT2D eigenvalue weighted by Crippen LogP contribution is 2.26. The molecule has 0 spiro atoms. The summed E-state index contributed by atoms with van der Waals surface area (Å²) in [6.07, 6.45) is 3.80. The molecule has 3 atom stereocenters. The number of aliphatic hydroxyl groups excluding tert-OH is 1. The first kappa shape index (κ1) is 12.0. The Balaban J connectivity index is 2.07. The molecule has 3 nitrogen and oxygen atoms in total. The molecule has 1 aliphatic heterocycles. The van der Waals surface area contributed by atoms with Gasteiger partial charge in [0, 0.05) is 5.56 Å². The molecule has 0 unspecified atom stereocenters. The van der Waals surface area contributed by atoms with E-state index in [0.29, 0.717) is 0 Å². The molecule has 0 aliphatic carbocycles. The maximum Gasteiger partial charge on any atom is 0.184 e. The minimum atomic E-state index is -0.633. The van der Waals surface area contributed by atoms with Crippen molar-refractivity contribution < 1.29 is 14.6 Å². The maximum atomic E-state index is 9.72. The van der Waals surface area contributed by atoms with Gasteiger partial charge in [-0.3, -0.25) is 0 Å². The van der Waals surface area contributed by atoms with Crippen LogP contribution in [0.25, 0.3) is 0 Å². The van der Waals surface area contributed by atoms with E-state index >= 15 is 0 Å². The Morgan fingerprint density at radius 3 is 2.76 bits per heavy atom. The van der Waals surface area contributed by atoms with Crippen molar-refractivity contribution >= 4 is 0 Å². The van der Waals surface area contributed by atoms with Crippen molar-refractivity contribution in [2.24, 2.45) is 0 Å². The molecule has 0 bridgehead atoms. The standard InChI is InChI=1S/C14H16O3/c1-2-3-9-13-12(15)10-16-14(17-13)11-7-5-4-6-8-11/h2-9,12-15H,1,10H2/b9-3+/t12-,13+,14-/m1/s1. The average Bonchev–Trinajstić information content (AvgIpc) is 2.39. The molecule has 0 amide bonds. The molecule has 0 radical (unpaired) electrons. The zero-order valence-corrected chi connectivity index (χ0v) is 9.53. The molecular weight excluding hydrogens is 216 g/mol. The van der Waals surface area contributed by atoms with Gasteiger partial charge in [-0.1, -0.05) is 55.1 Å². The SMILES string of the molecule is C=C/C=C/[C@@H]1O[C@H](c2ccccc2)OC[C@H]1O. The van der Waals surface area contributed by atoms with E-state index in [4.69, 9.17) is 9.47 Å². The fraction of sp³-hybridized carbons (Fsp3) is 0.286. The quantitative estimate of drug-likeness (QED) is 0.812. The summed E-state index contributed by atoms with van der Waals surface area (Å²) in [5.74, 6) is 0. The monoisotopic (exact) mass is 232 g/mol. The third-order valence-electron chi connectivity index (χ3n) is 2.59. The largest absolute Gasteiger partial charge is 0.388 e. The van der Waals surface area contributed by atoms with Crippen molar-refractivity contribution in [2.75, 3.05) is 6.61 Å². The van der Waals surface area contributed by atoms with Gasteiger partial charge >= 0.3 is 0 Å². The zero-order chi connectivity index (χ0) is 12.1. The number of aliphatic hydroxyl groups is 1. The van der Waals surface area contributed by atoms with Crippen LogP contribution in [0.1, 0.15) is 11.9 Å². The summed E-state index contributed by atoms with van der Waals surface area (Å²) in [6, 6.07) is 9.69. The Labute approximate surface area is 101 Å². The highest BCUT2D eigenvalue weighted by molar-refractivity contribution is 5.17. The number of hydrogen-bond donors (Lipinski definition) is 1. The number of hydrogen-bond acceptors (Lipinski definition) is 3. The maximum absolute atomic E-state index is 9.72. The molecule has 1 aromatic rings. The Bertz CT molecular complexity index is 386. The third-order valence-corrected chi connectivity index (χ3v) is 2.59. The summed E-state index contributed by atoms with van der Waals surface area (Å²) in [4.78, 5) is 0. The fourth-order valence-corrected chi connectivity index (χ4v) is 1.70. The Morgan fingerprint density at radius 1 is 1.29 bits per heavy atom. The van der Waals surface area contributed by atoms with Crippen LogP contribution in [0.3, 0.4) is 0 Å². The first-order chi connectivity index (χ1) is 8.31. The summed E-state index contributed by atoms with van der Waals surface area (Å²) < 4.78 is 11.1. The van der Waals surface area contributed by atoms with Gasteiger partial charge in [0.2, 0.25) is 0 Å². The second-order valence-corrected chi connectivity index (χ2v) is 3.86. The molecule has 1 N–H and O–H groups in total. The molecule has 1 heterocycles. The molecule has 1 fully saturated rings. The molecular formula is C14H16O3. The number of benzene rings is 1. The molecule has 0 saturated carbocycles. The minimum absolute atomic E-state index is 0.270. The lowest BCUT2D eigenvalue weighted by Gasteiger charge is -2.32. The number of rotatable bonds is 3. The molecule has 0 aromatic heterocycles. The van der Waals surface area contributed by atoms with Gasteiger partial charge in [0.1, 0.15) is 12.2 Å². The van der Waals surface area contributed by atoms with E-state index in [9.17, 15) is 5.11 Å². The third kappa shape index (κ3) is 3.03. The number of ether oxygens (including phenoxy) is 2. The van der Waals surface area contributed by atoms with Gasteiger partial charge in [-0.25, -0.2) is 0 Å². The van der Waals surface area contributed by atoms with E-state index < -0.39 is 12.4 Å². The van der Waals surface area contributed by atoms with Crippen molar-refractivity contribution in [3.8, 4) is 0 Å². The fourth-order valence-electron chi connectivity index (χ4n) is 1.70. The number of allylic oxidation sites excluding steroid dienone is 2. The summed E-state index contributed by atoms with van der Waals surface area (Å²) in [5.41, 5.74) is 0.955. The van der Waals surface area contributed by atoms with Crippen molar-refractivity contribution in [3.63, 3.8) is 0 Å². The van der Waals surface area contributed by atoms with Crippen molar-refractivity contribution in [1.82, 2.24) is 0 Å². The molecule has 3 heteroatoms. The summed E-state index contributed by atoms with van der Waals surface area (Å²) >= 11 is 0. The van der Waals surface area contributed by atoms with Gasteiger partial charge < -0.3 is 14.6 Å². The lowest BCUT2D eigenvalue weighted by Crippen LogP contribution is -2.39. The lowest BCUT2D eigenvalue weighted by molar-refractivity contribution is -0.243. The Kier molecular flexibility index (Phi) is 4.09. The van der Waals surface area contributed by atoms with Crippen LogP contribution in [-0.4, -0.2) is 23.9 Å². The van der Waals surface area contributed by atoms with Crippen LogP contribution in [0.4, 0.5) is 0 Å². The second-order valence-electron chi connectivity index (χ2n) is 3.86. The van der Waals surface area contributed by atoms with Crippen molar-refractivity contribution in [3.05, 3.63) is 60.7 Å². The average molecular weight is 232 g/mol. The van der Waals surface area contributed by atoms with Crippen LogP contribution < -0.4 is 0 Å². The molecule has 90 valence electrons. The van der Waals surface area contributed by atoms with Gasteiger partial charge in [0.15, 0.2) is 6.29 Å². The first-order valence-corrected chi connectivity index (χ1v) is 5.60. The Morgan fingerprint density at radius 2 is 2.06 bits per heavy atom. The predicted octanol–water partition coefficient (Wildman–Crippen LogP) is 2.20. The molecule has 1 aliphatic rings. The summed E-state index contributed by atoms with van der Waals surface area (Å²) in [7, 11) is 0. The van der Waals surface area contributed by atoms with Crippen LogP contribution in [0.2, 0.25) is 0 Å². The normalized spacial score (nSPS) is 29.4. The highest BCUT2D eigenvalue weighted by atomic mass is 16.7. The highest BCUT2D eigenvalue weighted by Gasteiger charge is 2.29. The van der Waals surface area contributed by atoms with Crippen LogP contribution in [0.5, 0.6) is 0 Å². The second kappa shape index (κ2) is 5.77. The van der Waals surface area contributed by atoms with E-state index in [1.807, 2.05) is 30.3 Å². The molecule has 17 heavy (non-hydrogen) atoms.